The van der Waals surface area contributed by atoms with Crippen LogP contribution < -0.4 is 5.32 Å². The van der Waals surface area contributed by atoms with Crippen LogP contribution in [0, 0.1) is 0 Å². The third-order valence-corrected chi connectivity index (χ3v) is 3.88. The number of rotatable bonds is 6. The molecule has 0 fully saturated rings. The third kappa shape index (κ3) is 4.07. The van der Waals surface area contributed by atoms with Gasteiger partial charge in [-0.1, -0.05) is 42.5 Å². The number of benzene rings is 2. The van der Waals surface area contributed by atoms with Gasteiger partial charge in [-0.15, -0.1) is 0 Å². The largest absolute Gasteiger partial charge is 0.464 e. The van der Waals surface area contributed by atoms with E-state index in [0.29, 0.717) is 6.42 Å². The van der Waals surface area contributed by atoms with Crippen molar-refractivity contribution >= 4 is 22.6 Å². The van der Waals surface area contributed by atoms with Crippen LogP contribution >= 0.6 is 0 Å². The van der Waals surface area contributed by atoms with Crippen LogP contribution in [0.1, 0.15) is 23.0 Å². The molecule has 0 spiro atoms. The second-order valence-electron chi connectivity index (χ2n) is 5.64. The summed E-state index contributed by atoms with van der Waals surface area (Å²) in [7, 11) is 0. The molecule has 5 heteroatoms. The Morgan fingerprint density at radius 3 is 2.60 bits per heavy atom. The zero-order valence-corrected chi connectivity index (χ0v) is 13.9. The maximum atomic E-state index is 12.2. The van der Waals surface area contributed by atoms with Gasteiger partial charge in [0.1, 0.15) is 6.04 Å². The number of carbonyl (C=O) groups is 2. The highest BCUT2D eigenvalue weighted by Gasteiger charge is 2.24. The number of hydrogen-bond donors (Lipinski definition) is 1. The first-order chi connectivity index (χ1) is 12.2. The summed E-state index contributed by atoms with van der Waals surface area (Å²) in [5.41, 5.74) is 0.941. The van der Waals surface area contributed by atoms with Crippen LogP contribution in [0.2, 0.25) is 0 Å². The maximum Gasteiger partial charge on any atom is 0.328 e. The molecular formula is C20H19NO4. The van der Waals surface area contributed by atoms with Crippen LogP contribution in [-0.4, -0.2) is 24.5 Å². The lowest BCUT2D eigenvalue weighted by atomic mass is 10.0. The zero-order chi connectivity index (χ0) is 17.6. The van der Waals surface area contributed by atoms with Gasteiger partial charge in [0.25, 0.3) is 5.91 Å². The van der Waals surface area contributed by atoms with Gasteiger partial charge in [0.05, 0.1) is 12.9 Å². The van der Waals surface area contributed by atoms with E-state index in [1.807, 2.05) is 42.5 Å². The van der Waals surface area contributed by atoms with Gasteiger partial charge >= 0.3 is 5.97 Å². The zero-order valence-electron chi connectivity index (χ0n) is 13.9. The molecule has 1 aromatic heterocycles. The van der Waals surface area contributed by atoms with Crippen molar-refractivity contribution in [1.82, 2.24) is 5.32 Å². The number of amides is 1. The summed E-state index contributed by atoms with van der Waals surface area (Å²) in [6, 6.07) is 16.3. The Hall–Kier alpha value is -3.08. The number of nitrogens with one attached hydrogen (secondary N) is 1. The van der Waals surface area contributed by atoms with Crippen LogP contribution in [0.4, 0.5) is 0 Å². The molecule has 1 atom stereocenters. The van der Waals surface area contributed by atoms with E-state index < -0.39 is 17.9 Å². The van der Waals surface area contributed by atoms with E-state index in [2.05, 4.69) is 5.32 Å². The van der Waals surface area contributed by atoms with Crippen molar-refractivity contribution in [3.63, 3.8) is 0 Å². The summed E-state index contributed by atoms with van der Waals surface area (Å²) in [5.74, 6) is -0.743. The van der Waals surface area contributed by atoms with E-state index in [0.717, 1.165) is 16.3 Å². The van der Waals surface area contributed by atoms with Crippen LogP contribution in [0.25, 0.3) is 10.8 Å². The summed E-state index contributed by atoms with van der Waals surface area (Å²) in [5, 5.41) is 4.90. The molecule has 3 aromatic rings. The van der Waals surface area contributed by atoms with Crippen LogP contribution in [0.3, 0.4) is 0 Å². The summed E-state index contributed by atoms with van der Waals surface area (Å²) in [6.07, 6.45) is 1.76. The van der Waals surface area contributed by atoms with Crippen molar-refractivity contribution in [2.75, 3.05) is 6.61 Å². The Balaban J connectivity index is 1.80. The van der Waals surface area contributed by atoms with Gasteiger partial charge < -0.3 is 14.5 Å². The van der Waals surface area contributed by atoms with Gasteiger partial charge in [-0.25, -0.2) is 4.79 Å². The Morgan fingerprint density at radius 1 is 1.08 bits per heavy atom. The van der Waals surface area contributed by atoms with Gasteiger partial charge in [-0.3, -0.25) is 4.79 Å². The minimum atomic E-state index is -0.779. The molecule has 1 N–H and O–H groups in total. The molecule has 0 saturated heterocycles. The van der Waals surface area contributed by atoms with E-state index in [1.165, 1.54) is 6.26 Å². The van der Waals surface area contributed by atoms with E-state index >= 15 is 0 Å². The molecule has 0 radical (unpaired) electrons. The van der Waals surface area contributed by atoms with Crippen LogP contribution in [0.5, 0.6) is 0 Å². The average molecular weight is 337 g/mol. The lowest BCUT2D eigenvalue weighted by molar-refractivity contribution is -0.145. The Morgan fingerprint density at radius 2 is 1.88 bits per heavy atom. The monoisotopic (exact) mass is 337 g/mol. The highest BCUT2D eigenvalue weighted by molar-refractivity contribution is 5.94. The van der Waals surface area contributed by atoms with Crippen molar-refractivity contribution in [2.24, 2.45) is 0 Å². The molecule has 0 bridgehead atoms. The molecule has 2 aromatic carbocycles. The third-order valence-electron chi connectivity index (χ3n) is 3.88. The molecule has 0 aliphatic rings. The first-order valence-corrected chi connectivity index (χ1v) is 8.16. The molecule has 1 heterocycles. The predicted molar refractivity (Wildman–Crippen MR) is 94.2 cm³/mol. The molecule has 0 aliphatic heterocycles. The fourth-order valence-electron chi connectivity index (χ4n) is 2.67. The standard InChI is InChI=1S/C20H19NO4/c1-2-24-20(23)17(21-19(22)18-8-5-11-25-18)13-14-9-10-15-6-3-4-7-16(15)12-14/h3-12,17H,2,13H2,1H3,(H,21,22)/t17-/m0/s1. The minimum absolute atomic E-state index is 0.160. The number of hydrogen-bond acceptors (Lipinski definition) is 4. The van der Waals surface area contributed by atoms with Crippen molar-refractivity contribution < 1.29 is 18.7 Å². The lowest BCUT2D eigenvalue weighted by Crippen LogP contribution is -2.43. The van der Waals surface area contributed by atoms with Crippen LogP contribution in [0.15, 0.2) is 65.3 Å². The minimum Gasteiger partial charge on any atom is -0.464 e. The second kappa shape index (κ2) is 7.66. The average Bonchev–Trinajstić information content (AvgIpc) is 3.16. The molecular weight excluding hydrogens is 318 g/mol. The molecule has 1 amide bonds. The maximum absolute atomic E-state index is 12.2. The van der Waals surface area contributed by atoms with Gasteiger partial charge in [0.2, 0.25) is 0 Å². The number of carbonyl (C=O) groups excluding carboxylic acids is 2. The number of esters is 1. The molecule has 0 unspecified atom stereocenters. The first kappa shape index (κ1) is 16.8. The van der Waals surface area contributed by atoms with E-state index in [-0.39, 0.29) is 12.4 Å². The van der Waals surface area contributed by atoms with E-state index in [1.54, 1.807) is 19.1 Å². The first-order valence-electron chi connectivity index (χ1n) is 8.16. The number of furan rings is 1. The van der Waals surface area contributed by atoms with E-state index in [4.69, 9.17) is 9.15 Å². The predicted octanol–water partition coefficient (Wildman–Crippen LogP) is 3.34. The van der Waals surface area contributed by atoms with Gasteiger partial charge in [-0.05, 0) is 35.4 Å². The molecule has 25 heavy (non-hydrogen) atoms. The molecule has 5 nitrogen and oxygen atoms in total. The number of fused-ring (bicyclic) bond motifs is 1. The smallest absolute Gasteiger partial charge is 0.328 e. The number of ether oxygens (including phenoxy) is 1. The van der Waals surface area contributed by atoms with Gasteiger partial charge in [0, 0.05) is 6.42 Å². The fourth-order valence-corrected chi connectivity index (χ4v) is 2.67. The van der Waals surface area contributed by atoms with E-state index in [9.17, 15) is 9.59 Å². The summed E-state index contributed by atoms with van der Waals surface area (Å²) in [4.78, 5) is 24.5. The lowest BCUT2D eigenvalue weighted by Gasteiger charge is -2.17. The van der Waals surface area contributed by atoms with Gasteiger partial charge in [-0.2, -0.15) is 0 Å². The van der Waals surface area contributed by atoms with Crippen molar-refractivity contribution in [3.05, 3.63) is 72.2 Å². The quantitative estimate of drug-likeness (QED) is 0.701. The van der Waals surface area contributed by atoms with Gasteiger partial charge in [0.15, 0.2) is 5.76 Å². The Kier molecular flexibility index (Phi) is 5.14. The highest BCUT2D eigenvalue weighted by Crippen LogP contribution is 2.17. The summed E-state index contributed by atoms with van der Waals surface area (Å²) in [6.45, 7) is 1.99. The fraction of sp³-hybridized carbons (Fsp3) is 0.200. The summed E-state index contributed by atoms with van der Waals surface area (Å²) < 4.78 is 10.2. The molecule has 0 aliphatic carbocycles. The topological polar surface area (TPSA) is 68.5 Å². The Labute approximate surface area is 145 Å². The summed E-state index contributed by atoms with van der Waals surface area (Å²) >= 11 is 0. The molecule has 0 saturated carbocycles. The van der Waals surface area contributed by atoms with Crippen molar-refractivity contribution in [2.45, 2.75) is 19.4 Å². The SMILES string of the molecule is CCOC(=O)[C@H](Cc1ccc2ccccc2c1)NC(=O)c1ccco1. The molecule has 3 rings (SSSR count). The Bertz CT molecular complexity index is 870. The highest BCUT2D eigenvalue weighted by atomic mass is 16.5. The van der Waals surface area contributed by atoms with Crippen LogP contribution in [-0.2, 0) is 16.0 Å². The normalized spacial score (nSPS) is 11.9. The van der Waals surface area contributed by atoms with Crippen molar-refractivity contribution in [1.29, 1.82) is 0 Å². The van der Waals surface area contributed by atoms with Crippen molar-refractivity contribution in [3.8, 4) is 0 Å². The second-order valence-corrected chi connectivity index (χ2v) is 5.64. The molecule has 128 valence electrons.